The van der Waals surface area contributed by atoms with Crippen molar-refractivity contribution in [3.63, 3.8) is 0 Å². The molecule has 1 amide bonds. The van der Waals surface area contributed by atoms with Crippen molar-refractivity contribution in [2.75, 3.05) is 19.0 Å². The average Bonchev–Trinajstić information content (AvgIpc) is 3.40. The number of oxazole rings is 1. The highest BCUT2D eigenvalue weighted by Gasteiger charge is 2.29. The van der Waals surface area contributed by atoms with E-state index in [0.717, 1.165) is 11.3 Å². The van der Waals surface area contributed by atoms with Crippen molar-refractivity contribution in [3.8, 4) is 0 Å². The third-order valence-electron chi connectivity index (χ3n) is 4.71. The Hall–Kier alpha value is -3.73. The Morgan fingerprint density at radius 3 is 2.58 bits per heavy atom. The van der Waals surface area contributed by atoms with Gasteiger partial charge in [-0.2, -0.15) is 0 Å². The predicted molar refractivity (Wildman–Crippen MR) is 118 cm³/mol. The van der Waals surface area contributed by atoms with Gasteiger partial charge in [0.2, 0.25) is 0 Å². The van der Waals surface area contributed by atoms with E-state index in [9.17, 15) is 19.2 Å². The van der Waals surface area contributed by atoms with E-state index in [1.165, 1.54) is 25.6 Å². The topological polar surface area (TPSA) is 134 Å². The van der Waals surface area contributed by atoms with Crippen LogP contribution in [0.3, 0.4) is 0 Å². The number of esters is 3. The molecule has 1 atom stereocenters. The van der Waals surface area contributed by atoms with Crippen LogP contribution in [0, 0.1) is 6.92 Å². The number of benzene rings is 1. The van der Waals surface area contributed by atoms with Crippen molar-refractivity contribution in [2.24, 2.45) is 0 Å². The summed E-state index contributed by atoms with van der Waals surface area (Å²) in [6.07, 6.45) is 0.283. The largest absolute Gasteiger partial charge is 0.465 e. The number of anilines is 1. The van der Waals surface area contributed by atoms with E-state index >= 15 is 0 Å². The van der Waals surface area contributed by atoms with Gasteiger partial charge in [0.05, 0.1) is 24.8 Å². The summed E-state index contributed by atoms with van der Waals surface area (Å²) in [6, 6.07) is 4.58. The van der Waals surface area contributed by atoms with Crippen molar-refractivity contribution >= 4 is 51.3 Å². The molecule has 0 aliphatic carbocycles. The monoisotopic (exact) mass is 474 g/mol. The number of thiophene rings is 1. The van der Waals surface area contributed by atoms with Gasteiger partial charge < -0.3 is 23.9 Å². The molecule has 0 saturated carbocycles. The number of carbonyl (C=O) groups is 4. The van der Waals surface area contributed by atoms with Gasteiger partial charge in [-0.3, -0.25) is 4.79 Å². The molecule has 10 nitrogen and oxygen atoms in total. The van der Waals surface area contributed by atoms with Gasteiger partial charge in [0.1, 0.15) is 15.4 Å². The van der Waals surface area contributed by atoms with Crippen LogP contribution >= 0.6 is 11.3 Å². The van der Waals surface area contributed by atoms with Crippen molar-refractivity contribution in [1.82, 2.24) is 4.98 Å². The fraction of sp³-hybridized carbons (Fsp3) is 0.318. The van der Waals surface area contributed by atoms with Crippen molar-refractivity contribution in [1.29, 1.82) is 0 Å². The third kappa shape index (κ3) is 5.03. The number of nitrogens with zero attached hydrogens (tertiary/aromatic N) is 1. The number of aromatic nitrogens is 1. The Bertz CT molecular complexity index is 1210. The minimum Gasteiger partial charge on any atom is -0.465 e. The van der Waals surface area contributed by atoms with Crippen LogP contribution in [-0.4, -0.2) is 48.6 Å². The number of ether oxygens (including phenoxy) is 3. The fourth-order valence-corrected chi connectivity index (χ4v) is 4.13. The lowest BCUT2D eigenvalue weighted by Crippen LogP contribution is -2.32. The number of methoxy groups -OCH3 is 1. The SMILES string of the molecule is CCOC(=O)c1sc(NC(=O)C(CC)OC(=O)c2ccc3ocnc3c2)c(C(=O)OC)c1C. The van der Waals surface area contributed by atoms with Crippen LogP contribution in [0.15, 0.2) is 29.0 Å². The Morgan fingerprint density at radius 2 is 1.91 bits per heavy atom. The first-order valence-corrected chi connectivity index (χ1v) is 10.9. The second kappa shape index (κ2) is 10.3. The highest BCUT2D eigenvalue weighted by molar-refractivity contribution is 7.18. The molecular weight excluding hydrogens is 452 g/mol. The van der Waals surface area contributed by atoms with Crippen LogP contribution in [0.2, 0.25) is 0 Å². The molecule has 0 aliphatic rings. The maximum absolute atomic E-state index is 12.9. The molecule has 11 heteroatoms. The first-order chi connectivity index (χ1) is 15.8. The number of carbonyl (C=O) groups excluding carboxylic acids is 4. The van der Waals surface area contributed by atoms with E-state index in [1.54, 1.807) is 26.8 Å². The van der Waals surface area contributed by atoms with Crippen LogP contribution in [0.5, 0.6) is 0 Å². The molecule has 2 heterocycles. The zero-order chi connectivity index (χ0) is 24.1. The van der Waals surface area contributed by atoms with Crippen LogP contribution < -0.4 is 5.32 Å². The molecule has 33 heavy (non-hydrogen) atoms. The van der Waals surface area contributed by atoms with Crippen molar-refractivity contribution < 1.29 is 37.8 Å². The summed E-state index contributed by atoms with van der Waals surface area (Å²) in [5.41, 5.74) is 1.56. The van der Waals surface area contributed by atoms with Gasteiger partial charge in [0.25, 0.3) is 5.91 Å². The molecule has 174 valence electrons. The summed E-state index contributed by atoms with van der Waals surface area (Å²) in [5.74, 6) is -2.72. The number of nitrogens with one attached hydrogen (secondary N) is 1. The first-order valence-electron chi connectivity index (χ1n) is 10.0. The van der Waals surface area contributed by atoms with Crippen LogP contribution in [0.25, 0.3) is 11.1 Å². The number of fused-ring (bicyclic) bond motifs is 1. The zero-order valence-corrected chi connectivity index (χ0v) is 19.2. The van der Waals surface area contributed by atoms with Crippen molar-refractivity contribution in [3.05, 3.63) is 46.2 Å². The highest BCUT2D eigenvalue weighted by Crippen LogP contribution is 2.34. The fourth-order valence-electron chi connectivity index (χ4n) is 3.04. The molecular formula is C22H22N2O8S. The minimum absolute atomic E-state index is 0.0385. The van der Waals surface area contributed by atoms with E-state index in [2.05, 4.69) is 10.3 Å². The van der Waals surface area contributed by atoms with Gasteiger partial charge in [0.15, 0.2) is 18.1 Å². The maximum Gasteiger partial charge on any atom is 0.348 e. The normalized spacial score (nSPS) is 11.6. The Morgan fingerprint density at radius 1 is 1.15 bits per heavy atom. The second-order valence-electron chi connectivity index (χ2n) is 6.80. The molecule has 0 saturated heterocycles. The molecule has 0 radical (unpaired) electrons. The summed E-state index contributed by atoms with van der Waals surface area (Å²) < 4.78 is 20.3. The van der Waals surface area contributed by atoms with Gasteiger partial charge in [-0.15, -0.1) is 11.3 Å². The molecule has 0 aliphatic heterocycles. The van der Waals surface area contributed by atoms with Crippen LogP contribution in [-0.2, 0) is 19.0 Å². The summed E-state index contributed by atoms with van der Waals surface area (Å²) in [6.45, 7) is 5.04. The Kier molecular flexibility index (Phi) is 7.44. The number of amides is 1. The standard InChI is InChI=1S/C22H22N2O8S/c1-5-14(32-20(26)12-7-8-15-13(9-12)23-10-31-15)18(25)24-19-16(21(27)29-4)11(3)17(33-19)22(28)30-6-2/h7-10,14H,5-6H2,1-4H3,(H,24,25). The molecule has 1 aromatic carbocycles. The molecule has 1 N–H and O–H groups in total. The van der Waals surface area contributed by atoms with Gasteiger partial charge in [-0.25, -0.2) is 19.4 Å². The van der Waals surface area contributed by atoms with E-state index in [1.807, 2.05) is 0 Å². The quantitative estimate of drug-likeness (QED) is 0.383. The van der Waals surface area contributed by atoms with Crippen LogP contribution in [0.4, 0.5) is 5.00 Å². The van der Waals surface area contributed by atoms with E-state index in [4.69, 9.17) is 18.6 Å². The number of hydrogen-bond acceptors (Lipinski definition) is 10. The molecule has 2 aromatic heterocycles. The lowest BCUT2D eigenvalue weighted by atomic mass is 10.1. The average molecular weight is 474 g/mol. The predicted octanol–water partition coefficient (Wildman–Crippen LogP) is 3.74. The highest BCUT2D eigenvalue weighted by atomic mass is 32.1. The second-order valence-corrected chi connectivity index (χ2v) is 7.82. The minimum atomic E-state index is -1.15. The van der Waals surface area contributed by atoms with E-state index < -0.39 is 29.9 Å². The number of hydrogen-bond donors (Lipinski definition) is 1. The molecule has 0 fully saturated rings. The van der Waals surface area contributed by atoms with Gasteiger partial charge in [-0.1, -0.05) is 6.92 Å². The van der Waals surface area contributed by atoms with Crippen LogP contribution in [0.1, 0.15) is 56.2 Å². The number of rotatable bonds is 8. The van der Waals surface area contributed by atoms with Gasteiger partial charge >= 0.3 is 17.9 Å². The zero-order valence-electron chi connectivity index (χ0n) is 18.4. The third-order valence-corrected chi connectivity index (χ3v) is 5.90. The molecule has 1 unspecified atom stereocenters. The summed E-state index contributed by atoms with van der Waals surface area (Å²) >= 11 is 0.885. The summed E-state index contributed by atoms with van der Waals surface area (Å²) in [7, 11) is 1.19. The summed E-state index contributed by atoms with van der Waals surface area (Å²) in [5, 5.41) is 2.69. The van der Waals surface area contributed by atoms with E-state index in [0.29, 0.717) is 16.7 Å². The lowest BCUT2D eigenvalue weighted by molar-refractivity contribution is -0.124. The molecule has 3 rings (SSSR count). The molecule has 0 spiro atoms. The Labute approximate surface area is 192 Å². The molecule has 3 aromatic rings. The smallest absolute Gasteiger partial charge is 0.348 e. The first kappa shape index (κ1) is 23.9. The molecule has 0 bridgehead atoms. The maximum atomic E-state index is 12.9. The van der Waals surface area contributed by atoms with E-state index in [-0.39, 0.29) is 34.0 Å². The van der Waals surface area contributed by atoms with Gasteiger partial charge in [0, 0.05) is 0 Å². The Balaban J connectivity index is 1.81. The van der Waals surface area contributed by atoms with Gasteiger partial charge in [-0.05, 0) is 44.0 Å². The lowest BCUT2D eigenvalue weighted by Gasteiger charge is -2.16. The van der Waals surface area contributed by atoms with Crippen molar-refractivity contribution in [2.45, 2.75) is 33.3 Å². The summed E-state index contributed by atoms with van der Waals surface area (Å²) in [4.78, 5) is 54.2.